The van der Waals surface area contributed by atoms with Gasteiger partial charge in [0, 0.05) is 70.2 Å². The van der Waals surface area contributed by atoms with Crippen LogP contribution in [-0.4, -0.2) is 38.2 Å². The average Bonchev–Trinajstić information content (AvgIpc) is 2.97. The Bertz CT molecular complexity index is 1740. The third-order valence-corrected chi connectivity index (χ3v) is 9.54. The van der Waals surface area contributed by atoms with Gasteiger partial charge in [0.15, 0.2) is 12.1 Å². The second-order valence-electron chi connectivity index (χ2n) is 11.8. The fraction of sp³-hybridized carbons (Fsp3) is 0.382. The van der Waals surface area contributed by atoms with Gasteiger partial charge < -0.3 is 9.64 Å². The number of aldehydes is 1. The average molecular weight is 518 g/mol. The van der Waals surface area contributed by atoms with E-state index in [1.54, 1.807) is 13.0 Å². The lowest BCUT2D eigenvalue weighted by atomic mass is 9.81. The number of nitrogens with zero attached hydrogens (tertiary/aromatic N) is 2. The molecule has 5 heterocycles. The topological polar surface area (TPSA) is 49.6 Å². The first-order valence-electron chi connectivity index (χ1n) is 14.7. The van der Waals surface area contributed by atoms with Crippen molar-refractivity contribution in [2.45, 2.75) is 58.3 Å². The Morgan fingerprint density at radius 2 is 1.64 bits per heavy atom. The molecule has 3 aromatic rings. The van der Waals surface area contributed by atoms with E-state index < -0.39 is 0 Å². The molecule has 0 bridgehead atoms. The van der Waals surface area contributed by atoms with Gasteiger partial charge >= 0.3 is 0 Å². The number of Topliss-reactive ketones (excluding diaryl/α,β-unsaturated/α-hetero) is 1. The summed E-state index contributed by atoms with van der Waals surface area (Å²) in [5, 5.41) is 2.50. The van der Waals surface area contributed by atoms with Crippen molar-refractivity contribution in [3.8, 4) is 11.5 Å². The van der Waals surface area contributed by atoms with E-state index in [4.69, 9.17) is 4.74 Å². The third kappa shape index (κ3) is 3.35. The second kappa shape index (κ2) is 8.64. The van der Waals surface area contributed by atoms with Crippen molar-refractivity contribution < 1.29 is 14.3 Å². The molecule has 0 unspecified atom stereocenters. The highest BCUT2D eigenvalue weighted by Gasteiger charge is 2.36. The van der Waals surface area contributed by atoms with E-state index in [1.807, 2.05) is 12.1 Å². The van der Waals surface area contributed by atoms with E-state index >= 15 is 0 Å². The second-order valence-corrected chi connectivity index (χ2v) is 11.8. The van der Waals surface area contributed by atoms with E-state index in [0.717, 1.165) is 104 Å². The van der Waals surface area contributed by atoms with Crippen LogP contribution in [0.5, 0.6) is 11.5 Å². The zero-order chi connectivity index (χ0) is 26.2. The van der Waals surface area contributed by atoms with Crippen LogP contribution in [-0.2, 0) is 25.7 Å². The molecule has 0 fully saturated rings. The number of ether oxygens (including phenoxy) is 1. The maximum atomic E-state index is 12.5. The zero-order valence-corrected chi connectivity index (χ0v) is 22.6. The largest absolute Gasteiger partial charge is 0.455 e. The van der Waals surface area contributed by atoms with Gasteiger partial charge in [-0.15, -0.1) is 0 Å². The summed E-state index contributed by atoms with van der Waals surface area (Å²) in [6.45, 7) is 6.01. The third-order valence-electron chi connectivity index (χ3n) is 9.54. The quantitative estimate of drug-likeness (QED) is 0.233. The first kappa shape index (κ1) is 23.2. The highest BCUT2D eigenvalue weighted by atomic mass is 16.5. The van der Waals surface area contributed by atoms with Crippen molar-refractivity contribution in [2.24, 2.45) is 0 Å². The first-order chi connectivity index (χ1) is 19.1. The number of aryl methyl sites for hydroxylation is 2. The number of benzene rings is 3. The summed E-state index contributed by atoms with van der Waals surface area (Å²) in [6, 6.07) is 10.3. The van der Waals surface area contributed by atoms with Crippen molar-refractivity contribution in [1.82, 2.24) is 4.58 Å². The Hall–Kier alpha value is -3.73. The van der Waals surface area contributed by atoms with Gasteiger partial charge in [0.1, 0.15) is 24.6 Å². The van der Waals surface area contributed by atoms with Crippen LogP contribution >= 0.6 is 0 Å². The number of ketones is 1. The van der Waals surface area contributed by atoms with Crippen molar-refractivity contribution in [1.29, 1.82) is 0 Å². The number of anilines is 1. The number of hydrogen-bond acceptors (Lipinski definition) is 4. The van der Waals surface area contributed by atoms with Crippen LogP contribution in [0.2, 0.25) is 0 Å². The maximum Gasteiger partial charge on any atom is 0.210 e. The molecule has 0 atom stereocenters. The van der Waals surface area contributed by atoms with Crippen LogP contribution < -0.4 is 24.8 Å². The standard InChI is InChI=1S/C34H33N2O3/c1-20(38)21-10-11-25(24(16-21)19-37)30-28-17-22-6-2-12-35-14-4-8-26(31(22)35)33(28)39-34-27-9-5-15-36-13-3-7-23(32(27)36)18-29(30)34/h10-11,16-19H,2-9,12-15H2,1H3/q+1. The van der Waals surface area contributed by atoms with Crippen LogP contribution in [0.25, 0.3) is 5.57 Å². The smallest absolute Gasteiger partial charge is 0.210 e. The van der Waals surface area contributed by atoms with Gasteiger partial charge in [-0.2, -0.15) is 0 Å². The van der Waals surface area contributed by atoms with Gasteiger partial charge in [-0.1, -0.05) is 12.1 Å². The van der Waals surface area contributed by atoms with Gasteiger partial charge in [-0.3, -0.25) is 9.59 Å². The Balaban J connectivity index is 1.52. The van der Waals surface area contributed by atoms with E-state index in [0.29, 0.717) is 11.1 Å². The summed E-state index contributed by atoms with van der Waals surface area (Å²) in [5.41, 5.74) is 11.1. The SMILES string of the molecule is CC(=O)c1ccc(C2=c3cc4c5c(c3Oc3c2cc2c6c3CCCN6CCC2)CCC[N+]=5CCC4)c(C=O)c1. The summed E-state index contributed by atoms with van der Waals surface area (Å²) in [5.74, 6) is 1.94. The van der Waals surface area contributed by atoms with Crippen LogP contribution in [0, 0.1) is 0 Å². The molecule has 0 N–H and O–H groups in total. The molecule has 39 heavy (non-hydrogen) atoms. The van der Waals surface area contributed by atoms with Crippen molar-refractivity contribution in [3.05, 3.63) is 85.4 Å². The van der Waals surface area contributed by atoms with Crippen LogP contribution in [0.4, 0.5) is 5.69 Å². The minimum absolute atomic E-state index is 0.0281. The summed E-state index contributed by atoms with van der Waals surface area (Å²) in [6.07, 6.45) is 9.68. The van der Waals surface area contributed by atoms with Crippen molar-refractivity contribution in [3.63, 3.8) is 0 Å². The van der Waals surface area contributed by atoms with Crippen LogP contribution in [0.1, 0.15) is 86.7 Å². The van der Waals surface area contributed by atoms with E-state index in [2.05, 4.69) is 21.6 Å². The van der Waals surface area contributed by atoms with Gasteiger partial charge in [0.05, 0.1) is 5.56 Å². The summed E-state index contributed by atoms with van der Waals surface area (Å²) in [4.78, 5) is 27.3. The Labute approximate surface area is 228 Å². The fourth-order valence-electron chi connectivity index (χ4n) is 7.91. The van der Waals surface area contributed by atoms with Crippen molar-refractivity contribution in [2.75, 3.05) is 31.1 Å². The molecule has 0 spiro atoms. The number of rotatable bonds is 3. The molecule has 5 nitrogen and oxygen atoms in total. The molecule has 0 saturated heterocycles. The number of carbonyl (C=O) groups is 2. The van der Waals surface area contributed by atoms with Gasteiger partial charge in [0.25, 0.3) is 0 Å². The van der Waals surface area contributed by atoms with Crippen LogP contribution in [0.3, 0.4) is 0 Å². The molecule has 0 radical (unpaired) electrons. The maximum absolute atomic E-state index is 12.5. The number of carbonyl (C=O) groups excluding carboxylic acids is 2. The predicted molar refractivity (Wildman–Crippen MR) is 152 cm³/mol. The zero-order valence-electron chi connectivity index (χ0n) is 22.6. The van der Waals surface area contributed by atoms with Crippen LogP contribution in [0.15, 0.2) is 30.3 Å². The highest BCUT2D eigenvalue weighted by molar-refractivity contribution is 6.00. The summed E-state index contributed by atoms with van der Waals surface area (Å²) in [7, 11) is 0. The molecule has 5 aliphatic heterocycles. The molecular weight excluding hydrogens is 484 g/mol. The Morgan fingerprint density at radius 1 is 0.872 bits per heavy atom. The minimum Gasteiger partial charge on any atom is -0.455 e. The van der Waals surface area contributed by atoms with E-state index in [-0.39, 0.29) is 5.78 Å². The van der Waals surface area contributed by atoms with E-state index in [1.165, 1.54) is 46.1 Å². The van der Waals surface area contributed by atoms with Crippen molar-refractivity contribution >= 4 is 23.3 Å². The first-order valence-corrected chi connectivity index (χ1v) is 14.7. The monoisotopic (exact) mass is 517 g/mol. The molecule has 5 aliphatic rings. The molecule has 0 amide bonds. The van der Waals surface area contributed by atoms with Gasteiger partial charge in [-0.05, 0) is 74.8 Å². The van der Waals surface area contributed by atoms with Gasteiger partial charge in [0.2, 0.25) is 5.36 Å². The van der Waals surface area contributed by atoms with E-state index in [9.17, 15) is 9.59 Å². The Kier molecular flexibility index (Phi) is 5.13. The molecule has 3 aromatic carbocycles. The lowest BCUT2D eigenvalue weighted by Crippen LogP contribution is -2.45. The molecule has 196 valence electrons. The minimum atomic E-state index is -0.0281. The number of fused-ring (bicyclic) bond motifs is 4. The molecule has 0 saturated carbocycles. The van der Waals surface area contributed by atoms with Gasteiger partial charge in [-0.25, -0.2) is 4.58 Å². The molecule has 5 heteroatoms. The lowest BCUT2D eigenvalue weighted by Gasteiger charge is -2.39. The summed E-state index contributed by atoms with van der Waals surface area (Å²) >= 11 is 0. The normalized spacial score (nSPS) is 18.4. The Morgan fingerprint density at radius 3 is 2.46 bits per heavy atom. The summed E-state index contributed by atoms with van der Waals surface area (Å²) < 4.78 is 9.65. The molecule has 0 aliphatic carbocycles. The lowest BCUT2D eigenvalue weighted by molar-refractivity contribution is 0.101. The fourth-order valence-corrected chi connectivity index (χ4v) is 7.91. The number of hydrogen-bond donors (Lipinski definition) is 0. The highest BCUT2D eigenvalue weighted by Crippen LogP contribution is 2.48. The predicted octanol–water partition coefficient (Wildman–Crippen LogP) is 4.14. The molecule has 0 aromatic heterocycles. The molecule has 8 rings (SSSR count). The molecular formula is C34H33N2O3+.